The van der Waals surface area contributed by atoms with Gasteiger partial charge in [0.05, 0.1) is 35.0 Å². The Kier molecular flexibility index (Phi) is 6.11. The first-order valence-electron chi connectivity index (χ1n) is 10.8. The highest BCUT2D eigenvalue weighted by molar-refractivity contribution is 7.89. The number of aromatic nitrogens is 1. The van der Waals surface area contributed by atoms with Gasteiger partial charge in [-0.05, 0) is 67.4 Å². The zero-order valence-corrected chi connectivity index (χ0v) is 20.1. The first-order chi connectivity index (χ1) is 16.5. The predicted molar refractivity (Wildman–Crippen MR) is 130 cm³/mol. The van der Waals surface area contributed by atoms with E-state index in [2.05, 4.69) is 4.98 Å². The third-order valence-corrected chi connectivity index (χ3v) is 8.71. The first-order valence-corrected chi connectivity index (χ1v) is 13.1. The number of amides is 1. The van der Waals surface area contributed by atoms with Gasteiger partial charge in [-0.15, -0.1) is 0 Å². The molecule has 0 spiro atoms. The molecule has 0 bridgehead atoms. The van der Waals surface area contributed by atoms with Crippen molar-refractivity contribution in [2.45, 2.75) is 24.3 Å². The normalized spacial score (nSPS) is 14.5. The molecule has 2 aromatic heterocycles. The van der Waals surface area contributed by atoms with Crippen molar-refractivity contribution in [2.24, 2.45) is 0 Å². The fourth-order valence-corrected chi connectivity index (χ4v) is 6.43. The molecule has 1 saturated heterocycles. The monoisotopic (exact) mass is 497 g/mol. The van der Waals surface area contributed by atoms with Crippen LogP contribution in [-0.4, -0.2) is 43.8 Å². The van der Waals surface area contributed by atoms with E-state index in [1.807, 2.05) is 18.2 Å². The molecular formula is C24H23N3O5S2. The number of fused-ring (bicyclic) bond motifs is 1. The van der Waals surface area contributed by atoms with Gasteiger partial charge in [-0.1, -0.05) is 11.3 Å². The zero-order chi connectivity index (χ0) is 23.7. The standard InChI is InChI=1S/C24H23N3O5S2/c1-31-18-8-11-21-22(15-18)33-24(25-21)27(16-19-5-4-14-32-19)23(28)17-6-9-20(10-7-17)34(29,30)26-12-2-3-13-26/h4-11,14-15H,2-3,12-13,16H2,1H3. The number of carbonyl (C=O) groups is 1. The number of furan rings is 1. The molecule has 1 aliphatic heterocycles. The fourth-order valence-electron chi connectivity index (χ4n) is 3.92. The number of thiazole rings is 1. The van der Waals surface area contributed by atoms with E-state index >= 15 is 0 Å². The smallest absolute Gasteiger partial charge is 0.260 e. The molecule has 34 heavy (non-hydrogen) atoms. The molecule has 0 aliphatic carbocycles. The summed E-state index contributed by atoms with van der Waals surface area (Å²) in [6.07, 6.45) is 3.29. The largest absolute Gasteiger partial charge is 0.497 e. The van der Waals surface area contributed by atoms with Crippen LogP contribution in [0.5, 0.6) is 5.75 Å². The number of nitrogens with zero attached hydrogens (tertiary/aromatic N) is 3. The Morgan fingerprint density at radius 2 is 1.91 bits per heavy atom. The molecule has 0 N–H and O–H groups in total. The molecule has 0 unspecified atom stereocenters. The lowest BCUT2D eigenvalue weighted by atomic mass is 10.2. The number of anilines is 1. The molecule has 0 radical (unpaired) electrons. The van der Waals surface area contributed by atoms with Crippen LogP contribution in [0.3, 0.4) is 0 Å². The van der Waals surface area contributed by atoms with Gasteiger partial charge in [-0.25, -0.2) is 13.4 Å². The highest BCUT2D eigenvalue weighted by Gasteiger charge is 2.28. The summed E-state index contributed by atoms with van der Waals surface area (Å²) in [5.41, 5.74) is 1.12. The SMILES string of the molecule is COc1ccc2nc(N(Cc3ccco3)C(=O)c3ccc(S(=O)(=O)N4CCCC4)cc3)sc2c1. The molecular weight excluding hydrogens is 474 g/mol. The Balaban J connectivity index is 1.47. The van der Waals surface area contributed by atoms with Crippen LogP contribution in [0.1, 0.15) is 29.0 Å². The van der Waals surface area contributed by atoms with E-state index < -0.39 is 10.0 Å². The van der Waals surface area contributed by atoms with E-state index in [0.29, 0.717) is 35.3 Å². The molecule has 3 heterocycles. The van der Waals surface area contributed by atoms with E-state index in [-0.39, 0.29) is 17.3 Å². The minimum Gasteiger partial charge on any atom is -0.497 e. The number of methoxy groups -OCH3 is 1. The molecule has 10 heteroatoms. The van der Waals surface area contributed by atoms with Crippen molar-refractivity contribution in [3.63, 3.8) is 0 Å². The van der Waals surface area contributed by atoms with Crippen LogP contribution >= 0.6 is 11.3 Å². The lowest BCUT2D eigenvalue weighted by molar-refractivity contribution is 0.0983. The second kappa shape index (κ2) is 9.21. The Morgan fingerprint density at radius 3 is 2.59 bits per heavy atom. The highest BCUT2D eigenvalue weighted by Crippen LogP contribution is 2.33. The summed E-state index contributed by atoms with van der Waals surface area (Å²) in [4.78, 5) is 19.9. The van der Waals surface area contributed by atoms with Crippen molar-refractivity contribution in [1.29, 1.82) is 0 Å². The summed E-state index contributed by atoms with van der Waals surface area (Å²) < 4.78 is 38.8. The Labute approximate surface area is 201 Å². The molecule has 1 amide bonds. The van der Waals surface area contributed by atoms with E-state index in [1.165, 1.54) is 27.8 Å². The first kappa shape index (κ1) is 22.6. The van der Waals surface area contributed by atoms with Crippen LogP contribution in [0.2, 0.25) is 0 Å². The Hall–Kier alpha value is -3.21. The topological polar surface area (TPSA) is 93.0 Å². The number of rotatable bonds is 7. The number of sulfonamides is 1. The zero-order valence-electron chi connectivity index (χ0n) is 18.5. The summed E-state index contributed by atoms with van der Waals surface area (Å²) in [5.74, 6) is 1.02. The van der Waals surface area contributed by atoms with Crippen molar-refractivity contribution in [3.05, 3.63) is 72.2 Å². The van der Waals surface area contributed by atoms with E-state index in [0.717, 1.165) is 23.1 Å². The van der Waals surface area contributed by atoms with Gasteiger partial charge in [0.1, 0.15) is 11.5 Å². The molecule has 0 atom stereocenters. The average Bonchev–Trinajstić information content (AvgIpc) is 3.63. The molecule has 0 saturated carbocycles. The molecule has 176 valence electrons. The minimum atomic E-state index is -3.55. The van der Waals surface area contributed by atoms with Gasteiger partial charge in [-0.3, -0.25) is 9.69 Å². The van der Waals surface area contributed by atoms with Gasteiger partial charge < -0.3 is 9.15 Å². The lowest BCUT2D eigenvalue weighted by Gasteiger charge is -2.19. The minimum absolute atomic E-state index is 0.190. The van der Waals surface area contributed by atoms with E-state index in [1.54, 1.807) is 42.5 Å². The van der Waals surface area contributed by atoms with E-state index in [4.69, 9.17) is 9.15 Å². The van der Waals surface area contributed by atoms with Gasteiger partial charge in [0, 0.05) is 18.7 Å². The predicted octanol–water partition coefficient (Wildman–Crippen LogP) is 4.53. The Morgan fingerprint density at radius 1 is 1.15 bits per heavy atom. The van der Waals surface area contributed by atoms with Crippen molar-refractivity contribution >= 4 is 42.6 Å². The average molecular weight is 498 g/mol. The third kappa shape index (κ3) is 4.31. The van der Waals surface area contributed by atoms with Crippen molar-refractivity contribution in [2.75, 3.05) is 25.1 Å². The van der Waals surface area contributed by atoms with Crippen LogP contribution in [0, 0.1) is 0 Å². The lowest BCUT2D eigenvalue weighted by Crippen LogP contribution is -2.30. The van der Waals surface area contributed by atoms with Gasteiger partial charge >= 0.3 is 0 Å². The van der Waals surface area contributed by atoms with Crippen LogP contribution < -0.4 is 9.64 Å². The number of benzene rings is 2. The quantitative estimate of drug-likeness (QED) is 0.372. The second-order valence-electron chi connectivity index (χ2n) is 7.94. The van der Waals surface area contributed by atoms with Crippen LogP contribution in [0.15, 0.2) is 70.2 Å². The van der Waals surface area contributed by atoms with Gasteiger partial charge in [0.15, 0.2) is 5.13 Å². The van der Waals surface area contributed by atoms with E-state index in [9.17, 15) is 13.2 Å². The van der Waals surface area contributed by atoms with Crippen molar-refractivity contribution in [3.8, 4) is 5.75 Å². The van der Waals surface area contributed by atoms with Crippen LogP contribution in [0.25, 0.3) is 10.2 Å². The van der Waals surface area contributed by atoms with Gasteiger partial charge in [0.2, 0.25) is 10.0 Å². The maximum atomic E-state index is 13.6. The Bertz CT molecular complexity index is 1410. The number of ether oxygens (including phenoxy) is 1. The summed E-state index contributed by atoms with van der Waals surface area (Å²) in [5, 5.41) is 0.512. The number of hydrogen-bond acceptors (Lipinski definition) is 7. The van der Waals surface area contributed by atoms with Crippen molar-refractivity contribution < 1.29 is 22.4 Å². The van der Waals surface area contributed by atoms with Crippen molar-refractivity contribution in [1.82, 2.24) is 9.29 Å². The maximum Gasteiger partial charge on any atom is 0.260 e. The molecule has 1 aliphatic rings. The highest BCUT2D eigenvalue weighted by atomic mass is 32.2. The number of hydrogen-bond donors (Lipinski definition) is 0. The summed E-state index contributed by atoms with van der Waals surface area (Å²) in [7, 11) is -1.95. The maximum absolute atomic E-state index is 13.6. The molecule has 4 aromatic rings. The van der Waals surface area contributed by atoms with Gasteiger partial charge in [-0.2, -0.15) is 4.31 Å². The molecule has 8 nitrogen and oxygen atoms in total. The molecule has 5 rings (SSSR count). The molecule has 1 fully saturated rings. The van der Waals surface area contributed by atoms with Crippen LogP contribution in [0.4, 0.5) is 5.13 Å². The number of carbonyl (C=O) groups excluding carboxylic acids is 1. The van der Waals surface area contributed by atoms with Crippen LogP contribution in [-0.2, 0) is 16.6 Å². The van der Waals surface area contributed by atoms with Gasteiger partial charge in [0.25, 0.3) is 5.91 Å². The third-order valence-electron chi connectivity index (χ3n) is 5.76. The summed E-state index contributed by atoms with van der Waals surface area (Å²) in [6.45, 7) is 1.25. The summed E-state index contributed by atoms with van der Waals surface area (Å²) in [6, 6.07) is 15.2. The summed E-state index contributed by atoms with van der Waals surface area (Å²) >= 11 is 1.37. The fraction of sp³-hybridized carbons (Fsp3) is 0.250. The molecule has 2 aromatic carbocycles. The second-order valence-corrected chi connectivity index (χ2v) is 10.9.